The molecule has 1 aliphatic carbocycles. The molecule has 1 N–H and O–H groups in total. The monoisotopic (exact) mass is 364 g/mol. The molecule has 0 bridgehead atoms. The third kappa shape index (κ3) is 3.40. The van der Waals surface area contributed by atoms with Crippen LogP contribution in [0, 0.1) is 0 Å². The van der Waals surface area contributed by atoms with Gasteiger partial charge in [-0.1, -0.05) is 37.5 Å². The van der Waals surface area contributed by atoms with Crippen molar-refractivity contribution in [1.29, 1.82) is 0 Å². The summed E-state index contributed by atoms with van der Waals surface area (Å²) >= 11 is 0. The molecule has 27 heavy (non-hydrogen) atoms. The van der Waals surface area contributed by atoms with Gasteiger partial charge in [0.25, 0.3) is 11.8 Å². The van der Waals surface area contributed by atoms with Crippen LogP contribution in [0.15, 0.2) is 48.3 Å². The maximum absolute atomic E-state index is 12.9. The zero-order chi connectivity index (χ0) is 18.8. The Balaban J connectivity index is 1.61. The van der Waals surface area contributed by atoms with Crippen molar-refractivity contribution in [2.45, 2.75) is 38.1 Å². The molecular weight excluding hydrogens is 344 g/mol. The summed E-state index contributed by atoms with van der Waals surface area (Å²) in [6.45, 7) is 0. The second-order valence-electron chi connectivity index (χ2n) is 6.84. The van der Waals surface area contributed by atoms with Crippen LogP contribution in [0.5, 0.6) is 0 Å². The van der Waals surface area contributed by atoms with E-state index in [1.165, 1.54) is 11.0 Å². The maximum atomic E-state index is 12.9. The first kappa shape index (κ1) is 17.2. The van der Waals surface area contributed by atoms with Crippen LogP contribution in [0.2, 0.25) is 0 Å². The topological polar surface area (TPSA) is 84.3 Å². The van der Waals surface area contributed by atoms with Crippen molar-refractivity contribution in [3.63, 3.8) is 0 Å². The van der Waals surface area contributed by atoms with Crippen LogP contribution in [0.3, 0.4) is 0 Å². The van der Waals surface area contributed by atoms with E-state index in [4.69, 9.17) is 0 Å². The van der Waals surface area contributed by atoms with Crippen LogP contribution in [0.4, 0.5) is 4.79 Å². The molecule has 4 rings (SSSR count). The van der Waals surface area contributed by atoms with Gasteiger partial charge in [0.05, 0.1) is 11.9 Å². The lowest BCUT2D eigenvalue weighted by atomic mass is 9.93. The molecule has 2 fully saturated rings. The largest absolute Gasteiger partial charge is 0.331 e. The average molecular weight is 364 g/mol. The van der Waals surface area contributed by atoms with Crippen molar-refractivity contribution in [3.05, 3.63) is 53.9 Å². The minimum absolute atomic E-state index is 0.0345. The van der Waals surface area contributed by atoms with Crippen molar-refractivity contribution in [2.75, 3.05) is 0 Å². The molecule has 4 amide bonds. The van der Waals surface area contributed by atoms with Crippen molar-refractivity contribution < 1.29 is 14.4 Å². The molecule has 1 aromatic carbocycles. The molecule has 2 aliphatic rings. The molecule has 2 aromatic rings. The van der Waals surface area contributed by atoms with Gasteiger partial charge in [0.1, 0.15) is 5.57 Å². The number of hydrogen-bond donors (Lipinski definition) is 1. The van der Waals surface area contributed by atoms with Crippen molar-refractivity contribution in [1.82, 2.24) is 20.0 Å². The van der Waals surface area contributed by atoms with E-state index in [9.17, 15) is 14.4 Å². The fourth-order valence-corrected chi connectivity index (χ4v) is 3.64. The molecule has 1 aromatic heterocycles. The first-order chi connectivity index (χ1) is 13.1. The van der Waals surface area contributed by atoms with Crippen LogP contribution >= 0.6 is 0 Å². The fourth-order valence-electron chi connectivity index (χ4n) is 3.64. The van der Waals surface area contributed by atoms with Crippen LogP contribution in [-0.2, 0) is 9.59 Å². The molecule has 0 spiro atoms. The summed E-state index contributed by atoms with van der Waals surface area (Å²) in [6.07, 6.45) is 9.47. The lowest BCUT2D eigenvalue weighted by Crippen LogP contribution is -2.58. The summed E-state index contributed by atoms with van der Waals surface area (Å²) in [5.74, 6) is -1.19. The number of nitrogens with zero attached hydrogens (tertiary/aromatic N) is 3. The Bertz CT molecular complexity index is 910. The first-order valence-corrected chi connectivity index (χ1v) is 9.14. The van der Waals surface area contributed by atoms with E-state index in [-0.39, 0.29) is 11.6 Å². The van der Waals surface area contributed by atoms with E-state index >= 15 is 0 Å². The summed E-state index contributed by atoms with van der Waals surface area (Å²) in [5.41, 5.74) is 1.46. The molecule has 7 nitrogen and oxygen atoms in total. The Labute approximate surface area is 156 Å². The van der Waals surface area contributed by atoms with Crippen LogP contribution in [0.1, 0.15) is 37.7 Å². The summed E-state index contributed by atoms with van der Waals surface area (Å²) in [6, 6.07) is 8.78. The molecule has 2 heterocycles. The molecule has 138 valence electrons. The number of carbonyl (C=O) groups is 3. The van der Waals surface area contributed by atoms with Gasteiger partial charge in [-0.05, 0) is 31.1 Å². The van der Waals surface area contributed by atoms with Gasteiger partial charge in [0.15, 0.2) is 0 Å². The summed E-state index contributed by atoms with van der Waals surface area (Å²) in [4.78, 5) is 38.6. The minimum atomic E-state index is -0.662. The number of rotatable bonds is 3. The maximum Gasteiger partial charge on any atom is 0.331 e. The van der Waals surface area contributed by atoms with Crippen LogP contribution in [0.25, 0.3) is 11.8 Å². The minimum Gasteiger partial charge on any atom is -0.273 e. The summed E-state index contributed by atoms with van der Waals surface area (Å²) < 4.78 is 1.67. The Morgan fingerprint density at radius 1 is 1.04 bits per heavy atom. The smallest absolute Gasteiger partial charge is 0.273 e. The molecule has 0 atom stereocenters. The number of para-hydroxylation sites is 1. The fraction of sp³-hybridized carbons (Fsp3) is 0.300. The van der Waals surface area contributed by atoms with Crippen LogP contribution < -0.4 is 5.32 Å². The first-order valence-electron chi connectivity index (χ1n) is 9.14. The van der Waals surface area contributed by atoms with Gasteiger partial charge in [-0.3, -0.25) is 19.8 Å². The Kier molecular flexibility index (Phi) is 4.58. The number of urea groups is 1. The summed E-state index contributed by atoms with van der Waals surface area (Å²) in [5, 5.41) is 6.57. The van der Waals surface area contributed by atoms with Gasteiger partial charge in [-0.2, -0.15) is 5.10 Å². The van der Waals surface area contributed by atoms with E-state index in [2.05, 4.69) is 10.4 Å². The molecule has 0 unspecified atom stereocenters. The van der Waals surface area contributed by atoms with Gasteiger partial charge < -0.3 is 0 Å². The van der Waals surface area contributed by atoms with E-state index in [1.54, 1.807) is 17.1 Å². The van der Waals surface area contributed by atoms with Crippen molar-refractivity contribution in [2.24, 2.45) is 0 Å². The van der Waals surface area contributed by atoms with Crippen molar-refractivity contribution in [3.8, 4) is 5.69 Å². The van der Waals surface area contributed by atoms with Gasteiger partial charge in [-0.25, -0.2) is 9.48 Å². The lowest BCUT2D eigenvalue weighted by Gasteiger charge is -2.35. The van der Waals surface area contributed by atoms with E-state index < -0.39 is 17.8 Å². The molecule has 1 aliphatic heterocycles. The van der Waals surface area contributed by atoms with E-state index in [0.717, 1.165) is 37.8 Å². The normalized spacial score (nSPS) is 20.2. The number of benzene rings is 1. The molecule has 1 saturated heterocycles. The molecule has 1 saturated carbocycles. The zero-order valence-electron chi connectivity index (χ0n) is 14.8. The van der Waals surface area contributed by atoms with Gasteiger partial charge in [0.2, 0.25) is 0 Å². The second-order valence-corrected chi connectivity index (χ2v) is 6.84. The standard InChI is InChI=1S/C20H20N4O3/c25-18-17(11-14-12-21-23(13-14)15-7-3-1-4-8-15)19(26)24(20(27)22-18)16-9-5-2-6-10-16/h1,3-4,7-8,11-13,16H,2,5-6,9-10H2,(H,22,25,27). The third-order valence-electron chi connectivity index (χ3n) is 5.01. The highest BCUT2D eigenvalue weighted by Crippen LogP contribution is 2.26. The Hall–Kier alpha value is -3.22. The SMILES string of the molecule is O=C1NC(=O)N(C2CCCCC2)C(=O)C1=Cc1cnn(-c2ccccc2)c1. The predicted octanol–water partition coefficient (Wildman–Crippen LogP) is 2.67. The highest BCUT2D eigenvalue weighted by molar-refractivity contribution is 6.31. The average Bonchev–Trinajstić information content (AvgIpc) is 3.15. The number of barbiturate groups is 1. The predicted molar refractivity (Wildman–Crippen MR) is 98.8 cm³/mol. The highest BCUT2D eigenvalue weighted by Gasteiger charge is 2.40. The molecular formula is C20H20N4O3. The Morgan fingerprint density at radius 3 is 2.52 bits per heavy atom. The van der Waals surface area contributed by atoms with E-state index in [1.807, 2.05) is 30.3 Å². The lowest BCUT2D eigenvalue weighted by molar-refractivity contribution is -0.132. The number of nitrogens with one attached hydrogen (secondary N) is 1. The van der Waals surface area contributed by atoms with Crippen molar-refractivity contribution >= 4 is 23.9 Å². The highest BCUT2D eigenvalue weighted by atomic mass is 16.2. The van der Waals surface area contributed by atoms with Gasteiger partial charge in [0, 0.05) is 17.8 Å². The third-order valence-corrected chi connectivity index (χ3v) is 5.01. The van der Waals surface area contributed by atoms with E-state index in [0.29, 0.717) is 5.56 Å². The number of aromatic nitrogens is 2. The quantitative estimate of drug-likeness (QED) is 0.670. The van der Waals surface area contributed by atoms with Gasteiger partial charge >= 0.3 is 6.03 Å². The number of hydrogen-bond acceptors (Lipinski definition) is 4. The number of carbonyl (C=O) groups excluding carboxylic acids is 3. The number of amides is 4. The second kappa shape index (κ2) is 7.19. The van der Waals surface area contributed by atoms with Gasteiger partial charge in [-0.15, -0.1) is 0 Å². The zero-order valence-corrected chi connectivity index (χ0v) is 14.8. The molecule has 7 heteroatoms. The van der Waals surface area contributed by atoms with Crippen LogP contribution in [-0.4, -0.2) is 38.6 Å². The summed E-state index contributed by atoms with van der Waals surface area (Å²) in [7, 11) is 0. The number of imide groups is 2. The Morgan fingerprint density at radius 2 is 1.78 bits per heavy atom. The molecule has 0 radical (unpaired) electrons.